The molecule has 0 radical (unpaired) electrons. The van der Waals surface area contributed by atoms with Crippen molar-refractivity contribution in [3.63, 3.8) is 0 Å². The molecule has 1 aromatic carbocycles. The van der Waals surface area contributed by atoms with E-state index >= 15 is 0 Å². The van der Waals surface area contributed by atoms with Gasteiger partial charge in [0.2, 0.25) is 0 Å². The lowest BCUT2D eigenvalue weighted by Crippen LogP contribution is -2.24. The van der Waals surface area contributed by atoms with Gasteiger partial charge in [-0.05, 0) is 58.7 Å². The summed E-state index contributed by atoms with van der Waals surface area (Å²) in [6.07, 6.45) is 2.62. The highest BCUT2D eigenvalue weighted by atomic mass is 79.9. The zero-order valence-corrected chi connectivity index (χ0v) is 12.6. The average Bonchev–Trinajstić information content (AvgIpc) is 2.44. The van der Waals surface area contributed by atoms with Crippen molar-refractivity contribution in [2.45, 2.75) is 19.4 Å². The molecule has 0 aliphatic carbocycles. The fourth-order valence-electron chi connectivity index (χ4n) is 1.96. The smallest absolute Gasteiger partial charge is 0.159 e. The van der Waals surface area contributed by atoms with Crippen LogP contribution in [0.2, 0.25) is 0 Å². The minimum atomic E-state index is -0.849. The summed E-state index contributed by atoms with van der Waals surface area (Å²) in [7, 11) is 0. The Kier molecular flexibility index (Phi) is 5.20. The van der Waals surface area contributed by atoms with Gasteiger partial charge in [0.05, 0.1) is 11.7 Å². The predicted molar refractivity (Wildman–Crippen MR) is 78.4 cm³/mol. The van der Waals surface area contributed by atoms with Gasteiger partial charge in [-0.15, -0.1) is 0 Å². The van der Waals surface area contributed by atoms with Crippen molar-refractivity contribution in [1.82, 2.24) is 10.3 Å². The summed E-state index contributed by atoms with van der Waals surface area (Å²) >= 11 is 3.45. The SMILES string of the molecule is CCCNC(c1ccc(F)c(F)c1)c1ncccc1Br. The molecule has 2 rings (SSSR count). The summed E-state index contributed by atoms with van der Waals surface area (Å²) in [6.45, 7) is 2.80. The number of pyridine rings is 1. The monoisotopic (exact) mass is 340 g/mol. The lowest BCUT2D eigenvalue weighted by Gasteiger charge is -2.20. The highest BCUT2D eigenvalue weighted by molar-refractivity contribution is 9.10. The molecule has 2 aromatic rings. The summed E-state index contributed by atoms with van der Waals surface area (Å²) in [5.74, 6) is -1.69. The summed E-state index contributed by atoms with van der Waals surface area (Å²) in [4.78, 5) is 4.33. The molecular weight excluding hydrogens is 326 g/mol. The lowest BCUT2D eigenvalue weighted by molar-refractivity contribution is 0.502. The minimum absolute atomic E-state index is 0.277. The van der Waals surface area contributed by atoms with Gasteiger partial charge in [-0.3, -0.25) is 4.98 Å². The van der Waals surface area contributed by atoms with Crippen molar-refractivity contribution in [1.29, 1.82) is 0 Å². The Morgan fingerprint density at radius 2 is 2.05 bits per heavy atom. The molecule has 2 nitrogen and oxygen atoms in total. The first-order valence-corrected chi connectivity index (χ1v) is 7.21. The van der Waals surface area contributed by atoms with Gasteiger partial charge in [0, 0.05) is 10.7 Å². The first-order chi connectivity index (χ1) is 9.63. The van der Waals surface area contributed by atoms with E-state index in [-0.39, 0.29) is 6.04 Å². The van der Waals surface area contributed by atoms with Crippen LogP contribution in [0.15, 0.2) is 41.0 Å². The van der Waals surface area contributed by atoms with Gasteiger partial charge in [-0.25, -0.2) is 8.78 Å². The Morgan fingerprint density at radius 1 is 1.25 bits per heavy atom. The molecule has 1 N–H and O–H groups in total. The maximum absolute atomic E-state index is 13.4. The van der Waals surface area contributed by atoms with Crippen molar-refractivity contribution >= 4 is 15.9 Å². The van der Waals surface area contributed by atoms with Crippen molar-refractivity contribution in [2.75, 3.05) is 6.54 Å². The third-order valence-electron chi connectivity index (χ3n) is 2.94. The van der Waals surface area contributed by atoms with Crippen LogP contribution in [0.5, 0.6) is 0 Å². The Bertz CT molecular complexity index is 590. The van der Waals surface area contributed by atoms with E-state index in [0.717, 1.165) is 29.2 Å². The minimum Gasteiger partial charge on any atom is -0.305 e. The third kappa shape index (κ3) is 3.41. The topological polar surface area (TPSA) is 24.9 Å². The van der Waals surface area contributed by atoms with Crippen LogP contribution >= 0.6 is 15.9 Å². The van der Waals surface area contributed by atoms with Gasteiger partial charge in [-0.2, -0.15) is 0 Å². The van der Waals surface area contributed by atoms with E-state index in [1.807, 2.05) is 19.1 Å². The maximum Gasteiger partial charge on any atom is 0.159 e. The van der Waals surface area contributed by atoms with E-state index in [9.17, 15) is 8.78 Å². The van der Waals surface area contributed by atoms with E-state index in [0.29, 0.717) is 5.56 Å². The van der Waals surface area contributed by atoms with Gasteiger partial charge < -0.3 is 5.32 Å². The van der Waals surface area contributed by atoms with Gasteiger partial charge in [0.15, 0.2) is 11.6 Å². The fourth-order valence-corrected chi connectivity index (χ4v) is 2.45. The van der Waals surface area contributed by atoms with Crippen LogP contribution in [-0.4, -0.2) is 11.5 Å². The number of nitrogens with zero attached hydrogens (tertiary/aromatic N) is 1. The van der Waals surface area contributed by atoms with E-state index in [1.165, 1.54) is 6.07 Å². The van der Waals surface area contributed by atoms with Crippen molar-refractivity contribution < 1.29 is 8.78 Å². The first-order valence-electron chi connectivity index (χ1n) is 6.42. The molecule has 5 heteroatoms. The van der Waals surface area contributed by atoms with Crippen LogP contribution in [0.4, 0.5) is 8.78 Å². The van der Waals surface area contributed by atoms with E-state index < -0.39 is 11.6 Å². The third-order valence-corrected chi connectivity index (χ3v) is 3.61. The molecule has 20 heavy (non-hydrogen) atoms. The van der Waals surface area contributed by atoms with Crippen molar-refractivity contribution in [2.24, 2.45) is 0 Å². The van der Waals surface area contributed by atoms with Crippen molar-refractivity contribution in [3.8, 4) is 0 Å². The molecule has 1 unspecified atom stereocenters. The fraction of sp³-hybridized carbons (Fsp3) is 0.267. The number of nitrogens with one attached hydrogen (secondary N) is 1. The van der Waals surface area contributed by atoms with Gasteiger partial charge >= 0.3 is 0 Å². The van der Waals surface area contributed by atoms with Gasteiger partial charge in [0.1, 0.15) is 0 Å². The second kappa shape index (κ2) is 6.90. The molecule has 0 fully saturated rings. The van der Waals surface area contributed by atoms with E-state index in [2.05, 4.69) is 26.2 Å². The number of hydrogen-bond donors (Lipinski definition) is 1. The second-order valence-corrected chi connectivity index (χ2v) is 5.29. The van der Waals surface area contributed by atoms with E-state index in [1.54, 1.807) is 12.3 Å². The maximum atomic E-state index is 13.4. The molecule has 0 bridgehead atoms. The number of aromatic nitrogens is 1. The Labute approximate surface area is 125 Å². The molecule has 0 spiro atoms. The molecule has 106 valence electrons. The highest BCUT2D eigenvalue weighted by Crippen LogP contribution is 2.27. The summed E-state index contributed by atoms with van der Waals surface area (Å²) in [6, 6.07) is 7.35. The zero-order valence-electron chi connectivity index (χ0n) is 11.0. The van der Waals surface area contributed by atoms with Gasteiger partial charge in [-0.1, -0.05) is 13.0 Å². The highest BCUT2D eigenvalue weighted by Gasteiger charge is 2.18. The molecule has 0 aliphatic heterocycles. The molecule has 0 saturated heterocycles. The first kappa shape index (κ1) is 15.1. The number of halogens is 3. The average molecular weight is 341 g/mol. The van der Waals surface area contributed by atoms with Crippen LogP contribution in [0.3, 0.4) is 0 Å². The summed E-state index contributed by atoms with van der Waals surface area (Å²) in [5.41, 5.74) is 1.41. The number of benzene rings is 1. The molecular formula is C15H15BrF2N2. The van der Waals surface area contributed by atoms with E-state index in [4.69, 9.17) is 0 Å². The largest absolute Gasteiger partial charge is 0.305 e. The van der Waals surface area contributed by atoms with Crippen LogP contribution in [-0.2, 0) is 0 Å². The lowest BCUT2D eigenvalue weighted by atomic mass is 10.0. The molecule has 1 heterocycles. The molecule has 0 amide bonds. The van der Waals surface area contributed by atoms with Gasteiger partial charge in [0.25, 0.3) is 0 Å². The molecule has 0 aliphatic rings. The summed E-state index contributed by atoms with van der Waals surface area (Å²) in [5, 5.41) is 3.31. The number of rotatable bonds is 5. The van der Waals surface area contributed by atoms with Crippen LogP contribution in [0.1, 0.15) is 30.6 Å². The second-order valence-electron chi connectivity index (χ2n) is 4.43. The Morgan fingerprint density at radius 3 is 2.70 bits per heavy atom. The predicted octanol–water partition coefficient (Wildman–Crippen LogP) is 4.21. The molecule has 0 saturated carbocycles. The van der Waals surface area contributed by atoms with Crippen molar-refractivity contribution in [3.05, 3.63) is 63.9 Å². The Hall–Kier alpha value is -1.33. The Balaban J connectivity index is 2.41. The summed E-state index contributed by atoms with van der Waals surface area (Å²) < 4.78 is 27.4. The zero-order chi connectivity index (χ0) is 14.5. The standard InChI is InChI=1S/C15H15BrF2N2/c1-2-7-19-14(15-11(16)4-3-8-20-15)10-5-6-12(17)13(18)9-10/h3-6,8-9,14,19H,2,7H2,1H3. The van der Waals surface area contributed by atoms with Crippen LogP contribution < -0.4 is 5.32 Å². The van der Waals surface area contributed by atoms with Crippen LogP contribution in [0.25, 0.3) is 0 Å². The molecule has 1 aromatic heterocycles. The molecule has 1 atom stereocenters. The quantitative estimate of drug-likeness (QED) is 0.881. The number of hydrogen-bond acceptors (Lipinski definition) is 2. The van der Waals surface area contributed by atoms with Crippen LogP contribution in [0, 0.1) is 11.6 Å². The normalized spacial score (nSPS) is 12.4.